The van der Waals surface area contributed by atoms with Gasteiger partial charge in [-0.15, -0.1) is 0 Å². The average Bonchev–Trinajstić information content (AvgIpc) is 3.91. The van der Waals surface area contributed by atoms with Crippen molar-refractivity contribution in [3.8, 4) is 27.9 Å². The van der Waals surface area contributed by atoms with Crippen LogP contribution in [0.4, 0.5) is 17.1 Å². The van der Waals surface area contributed by atoms with Crippen LogP contribution in [0.1, 0.15) is 0 Å². The molecule has 3 nitrogen and oxygen atoms in total. The van der Waals surface area contributed by atoms with E-state index in [2.05, 4.69) is 240 Å². The summed E-state index contributed by atoms with van der Waals surface area (Å²) in [5.74, 6) is 0. The monoisotopic (exact) mass is 802 g/mol. The molecular weight excluding hydrogens is 765 g/mol. The Morgan fingerprint density at radius 3 is 1.67 bits per heavy atom. The van der Waals surface area contributed by atoms with E-state index in [-0.39, 0.29) is 0 Å². The summed E-state index contributed by atoms with van der Waals surface area (Å²) >= 11 is 0. The zero-order valence-corrected chi connectivity index (χ0v) is 34.2. The van der Waals surface area contributed by atoms with Gasteiger partial charge in [0.05, 0.1) is 16.7 Å². The molecule has 63 heavy (non-hydrogen) atoms. The van der Waals surface area contributed by atoms with Crippen molar-refractivity contribution >= 4 is 93.1 Å². The lowest BCUT2D eigenvalue weighted by Crippen LogP contribution is -2.11. The van der Waals surface area contributed by atoms with Gasteiger partial charge in [-0.3, -0.25) is 0 Å². The smallest absolute Gasteiger partial charge is 0.143 e. The molecular formula is C60H38N2O. The molecule has 0 spiro atoms. The highest BCUT2D eigenvalue weighted by Crippen LogP contribution is 2.46. The summed E-state index contributed by atoms with van der Waals surface area (Å²) in [6.07, 6.45) is 0. The molecule has 0 aliphatic heterocycles. The van der Waals surface area contributed by atoms with Crippen molar-refractivity contribution in [1.29, 1.82) is 0 Å². The molecule has 0 amide bonds. The molecule has 0 aliphatic carbocycles. The SMILES string of the molecule is c1ccc(N(c2ccc(-c3cc4ccccc4c4ccccc34)cc2)c2ccc(-n3c4ccccc4c4ccccc43)cc2)c(-c2cccc3oc4c5ccccc5ccc4c23)c1. The molecule has 0 saturated carbocycles. The van der Waals surface area contributed by atoms with Gasteiger partial charge in [0, 0.05) is 49.6 Å². The summed E-state index contributed by atoms with van der Waals surface area (Å²) in [6.45, 7) is 0. The van der Waals surface area contributed by atoms with Crippen molar-refractivity contribution < 1.29 is 4.42 Å². The molecule has 0 bridgehead atoms. The normalized spacial score (nSPS) is 11.8. The molecule has 13 rings (SSSR count). The molecule has 2 heterocycles. The van der Waals surface area contributed by atoms with Crippen LogP contribution in [0.3, 0.4) is 0 Å². The molecule has 0 unspecified atom stereocenters. The van der Waals surface area contributed by atoms with Gasteiger partial charge in [-0.25, -0.2) is 0 Å². The van der Waals surface area contributed by atoms with Crippen LogP contribution in [0.25, 0.3) is 104 Å². The van der Waals surface area contributed by atoms with Crippen LogP contribution in [0, 0.1) is 0 Å². The van der Waals surface area contributed by atoms with Crippen molar-refractivity contribution in [3.05, 3.63) is 231 Å². The Hall–Kier alpha value is -8.40. The maximum Gasteiger partial charge on any atom is 0.143 e. The third kappa shape index (κ3) is 5.53. The average molecular weight is 803 g/mol. The number of hydrogen-bond acceptors (Lipinski definition) is 2. The topological polar surface area (TPSA) is 21.3 Å². The van der Waals surface area contributed by atoms with Crippen molar-refractivity contribution in [3.63, 3.8) is 0 Å². The van der Waals surface area contributed by atoms with Crippen LogP contribution in [0.2, 0.25) is 0 Å². The van der Waals surface area contributed by atoms with Crippen molar-refractivity contribution in [2.24, 2.45) is 0 Å². The summed E-state index contributed by atoms with van der Waals surface area (Å²) < 4.78 is 9.08. The molecule has 3 heteroatoms. The first-order valence-corrected chi connectivity index (χ1v) is 21.6. The molecule has 0 fully saturated rings. The Morgan fingerprint density at radius 2 is 0.921 bits per heavy atom. The van der Waals surface area contributed by atoms with Crippen LogP contribution in [0.15, 0.2) is 235 Å². The first-order valence-electron chi connectivity index (χ1n) is 21.6. The minimum Gasteiger partial charge on any atom is -0.455 e. The maximum atomic E-state index is 6.70. The predicted octanol–water partition coefficient (Wildman–Crippen LogP) is 16.9. The Balaban J connectivity index is 1.00. The minimum atomic E-state index is 0.877. The maximum absolute atomic E-state index is 6.70. The predicted molar refractivity (Wildman–Crippen MR) is 266 cm³/mol. The molecule has 2 aromatic heterocycles. The van der Waals surface area contributed by atoms with Gasteiger partial charge in [-0.05, 0) is 116 Å². The number of anilines is 3. The molecule has 0 N–H and O–H groups in total. The van der Waals surface area contributed by atoms with Gasteiger partial charge < -0.3 is 13.9 Å². The van der Waals surface area contributed by atoms with Gasteiger partial charge in [0.2, 0.25) is 0 Å². The first kappa shape index (κ1) is 35.4. The number of hydrogen-bond donors (Lipinski definition) is 0. The highest BCUT2D eigenvalue weighted by atomic mass is 16.3. The van der Waals surface area contributed by atoms with E-state index < -0.39 is 0 Å². The zero-order chi connectivity index (χ0) is 41.4. The lowest BCUT2D eigenvalue weighted by atomic mass is 9.93. The minimum absolute atomic E-state index is 0.877. The summed E-state index contributed by atoms with van der Waals surface area (Å²) in [4.78, 5) is 2.41. The van der Waals surface area contributed by atoms with Crippen LogP contribution >= 0.6 is 0 Å². The van der Waals surface area contributed by atoms with E-state index in [1.54, 1.807) is 0 Å². The highest BCUT2D eigenvalue weighted by Gasteiger charge is 2.22. The summed E-state index contributed by atoms with van der Waals surface area (Å²) in [7, 11) is 0. The van der Waals surface area contributed by atoms with Crippen molar-refractivity contribution in [2.45, 2.75) is 0 Å². The van der Waals surface area contributed by atoms with Crippen molar-refractivity contribution in [1.82, 2.24) is 4.57 Å². The number of aromatic nitrogens is 1. The standard InChI is InChI=1S/C60H38N2O/c1-4-17-46-39(14-1)30-37-53-59-52(23-13-27-58(59)63-60(46)53)51-22-9-10-24-55(51)61(43-33-35-44(36-34-43)62-56-25-11-7-20-49(56)50-21-8-12-26-57(50)62)42-31-28-40(29-32-42)54-38-41-15-2-3-16-45(41)47-18-5-6-19-48(47)54/h1-38H. The largest absolute Gasteiger partial charge is 0.455 e. The fourth-order valence-corrected chi connectivity index (χ4v) is 10.1. The van der Waals surface area contributed by atoms with Gasteiger partial charge >= 0.3 is 0 Å². The summed E-state index contributed by atoms with van der Waals surface area (Å²) in [6, 6.07) is 83.5. The Morgan fingerprint density at radius 1 is 0.349 bits per heavy atom. The quantitative estimate of drug-likeness (QED) is 0.156. The number of nitrogens with zero attached hydrogens (tertiary/aromatic N) is 2. The third-order valence-electron chi connectivity index (χ3n) is 13.0. The van der Waals surface area contributed by atoms with E-state index in [1.807, 2.05) is 0 Å². The van der Waals surface area contributed by atoms with Gasteiger partial charge in [-0.1, -0.05) is 158 Å². The molecule has 294 valence electrons. The van der Waals surface area contributed by atoms with Gasteiger partial charge in [-0.2, -0.15) is 0 Å². The lowest BCUT2D eigenvalue weighted by molar-refractivity contribution is 0.673. The zero-order valence-electron chi connectivity index (χ0n) is 34.2. The molecule has 0 aliphatic rings. The molecule has 13 aromatic rings. The summed E-state index contributed by atoms with van der Waals surface area (Å²) in [5.41, 5.74) is 13.2. The van der Waals surface area contributed by atoms with Gasteiger partial charge in [0.1, 0.15) is 11.2 Å². The molecule has 11 aromatic carbocycles. The molecule has 0 radical (unpaired) electrons. The second-order valence-corrected chi connectivity index (χ2v) is 16.4. The second kappa shape index (κ2) is 14.1. The van der Waals surface area contributed by atoms with E-state index in [9.17, 15) is 0 Å². The van der Waals surface area contributed by atoms with Crippen LogP contribution in [0.5, 0.6) is 0 Å². The van der Waals surface area contributed by atoms with E-state index in [0.717, 1.165) is 61.2 Å². The van der Waals surface area contributed by atoms with Crippen LogP contribution in [-0.4, -0.2) is 4.57 Å². The first-order chi connectivity index (χ1) is 31.3. The van der Waals surface area contributed by atoms with E-state index in [1.165, 1.54) is 59.9 Å². The number of benzene rings is 11. The number of rotatable bonds is 6. The fourth-order valence-electron chi connectivity index (χ4n) is 10.1. The molecule has 0 saturated heterocycles. The molecule has 0 atom stereocenters. The Kier molecular flexibility index (Phi) is 7.91. The highest BCUT2D eigenvalue weighted by molar-refractivity contribution is 6.20. The van der Waals surface area contributed by atoms with Crippen LogP contribution < -0.4 is 4.90 Å². The Labute approximate surface area is 363 Å². The number of furan rings is 1. The third-order valence-corrected chi connectivity index (χ3v) is 13.0. The van der Waals surface area contributed by atoms with E-state index in [0.29, 0.717) is 0 Å². The Bertz CT molecular complexity index is 3860. The van der Waals surface area contributed by atoms with Gasteiger partial charge in [0.15, 0.2) is 0 Å². The van der Waals surface area contributed by atoms with Crippen molar-refractivity contribution in [2.75, 3.05) is 4.90 Å². The number of para-hydroxylation sites is 3. The van der Waals surface area contributed by atoms with E-state index in [4.69, 9.17) is 4.42 Å². The summed E-state index contributed by atoms with van der Waals surface area (Å²) in [5, 5.41) is 12.0. The van der Waals surface area contributed by atoms with Crippen LogP contribution in [-0.2, 0) is 0 Å². The van der Waals surface area contributed by atoms with Gasteiger partial charge in [0.25, 0.3) is 0 Å². The second-order valence-electron chi connectivity index (χ2n) is 16.4. The fraction of sp³-hybridized carbons (Fsp3) is 0. The van der Waals surface area contributed by atoms with E-state index >= 15 is 0 Å². The lowest BCUT2D eigenvalue weighted by Gasteiger charge is -2.28. The number of fused-ring (bicyclic) bond motifs is 11.